The molecule has 1 unspecified atom stereocenters. The summed E-state index contributed by atoms with van der Waals surface area (Å²) < 4.78 is 19.0. The second kappa shape index (κ2) is 30.4. The molecular formula is C58H105NO3. The van der Waals surface area contributed by atoms with E-state index in [1.165, 1.54) is 173 Å². The largest absolute Gasteiger partial charge is 0.379 e. The Kier molecular flexibility index (Phi) is 26.3. The zero-order valence-corrected chi connectivity index (χ0v) is 42.7. The molecule has 4 nitrogen and oxygen atoms in total. The Hall–Kier alpha value is -0.940. The number of likely N-dealkylation sites (N-methyl/N-ethyl adjacent to an activating group) is 1. The van der Waals surface area contributed by atoms with Crippen LogP contribution in [-0.2, 0) is 14.2 Å². The van der Waals surface area contributed by atoms with Crippen LogP contribution in [0.25, 0.3) is 0 Å². The van der Waals surface area contributed by atoms with Crippen LogP contribution in [-0.4, -0.2) is 64.2 Å². The van der Waals surface area contributed by atoms with E-state index in [0.717, 1.165) is 81.3 Å². The number of hydrogen-bond donors (Lipinski definition) is 0. The molecule has 3 fully saturated rings. The summed E-state index contributed by atoms with van der Waals surface area (Å²) in [6, 6.07) is 0. The molecule has 0 N–H and O–H groups in total. The first-order valence-electron chi connectivity index (χ1n) is 27.5. The summed E-state index contributed by atoms with van der Waals surface area (Å²) >= 11 is 0. The Labute approximate surface area is 387 Å². The Morgan fingerprint density at radius 1 is 0.694 bits per heavy atom. The molecule has 62 heavy (non-hydrogen) atoms. The molecule has 4 aliphatic rings. The summed E-state index contributed by atoms with van der Waals surface area (Å²) in [5.41, 5.74) is 2.79. The van der Waals surface area contributed by atoms with E-state index in [2.05, 4.69) is 90.9 Å². The van der Waals surface area contributed by atoms with Gasteiger partial charge in [0.05, 0.1) is 18.8 Å². The van der Waals surface area contributed by atoms with E-state index < -0.39 is 0 Å². The van der Waals surface area contributed by atoms with Gasteiger partial charge in [-0.15, -0.1) is 0 Å². The molecule has 3 saturated carbocycles. The summed E-state index contributed by atoms with van der Waals surface area (Å²) in [6.45, 7) is 19.4. The zero-order chi connectivity index (χ0) is 44.5. The quantitative estimate of drug-likeness (QED) is 0.0469. The van der Waals surface area contributed by atoms with Crippen molar-refractivity contribution in [3.05, 3.63) is 36.0 Å². The van der Waals surface area contributed by atoms with Crippen LogP contribution in [0.1, 0.15) is 228 Å². The molecule has 4 heteroatoms. The highest BCUT2D eigenvalue weighted by Crippen LogP contribution is 2.67. The highest BCUT2D eigenvalue weighted by Gasteiger charge is 2.59. The molecule has 0 amide bonds. The second-order valence-corrected chi connectivity index (χ2v) is 22.6. The van der Waals surface area contributed by atoms with Gasteiger partial charge in [-0.2, -0.15) is 0 Å². The van der Waals surface area contributed by atoms with Crippen molar-refractivity contribution in [2.24, 2.45) is 46.3 Å². The van der Waals surface area contributed by atoms with E-state index >= 15 is 0 Å². The van der Waals surface area contributed by atoms with E-state index in [0.29, 0.717) is 16.9 Å². The smallest absolute Gasteiger partial charge is 0.0934 e. The molecule has 0 aromatic rings. The Balaban J connectivity index is 0.980. The van der Waals surface area contributed by atoms with Crippen LogP contribution in [0.2, 0.25) is 0 Å². The molecule has 0 saturated heterocycles. The predicted molar refractivity (Wildman–Crippen MR) is 269 cm³/mol. The van der Waals surface area contributed by atoms with Crippen molar-refractivity contribution in [3.63, 3.8) is 0 Å². The van der Waals surface area contributed by atoms with Crippen LogP contribution >= 0.6 is 0 Å². The first-order chi connectivity index (χ1) is 30.1. The topological polar surface area (TPSA) is 30.9 Å². The molecule has 0 heterocycles. The van der Waals surface area contributed by atoms with Crippen molar-refractivity contribution in [1.82, 2.24) is 4.90 Å². The van der Waals surface area contributed by atoms with Gasteiger partial charge >= 0.3 is 0 Å². The molecule has 360 valence electrons. The van der Waals surface area contributed by atoms with Gasteiger partial charge in [0.15, 0.2) is 0 Å². The normalized spacial score (nSPS) is 28.5. The first-order valence-corrected chi connectivity index (χ1v) is 27.5. The Morgan fingerprint density at radius 2 is 1.35 bits per heavy atom. The van der Waals surface area contributed by atoms with Crippen molar-refractivity contribution in [2.45, 2.75) is 240 Å². The van der Waals surface area contributed by atoms with E-state index in [9.17, 15) is 0 Å². The molecule has 0 aromatic carbocycles. The fraction of sp³-hybridized carbons (Fsp3) is 0.897. The van der Waals surface area contributed by atoms with Gasteiger partial charge in [0.2, 0.25) is 0 Å². The summed E-state index contributed by atoms with van der Waals surface area (Å²) in [7, 11) is 4.28. The first kappa shape index (κ1) is 53.7. The van der Waals surface area contributed by atoms with Crippen molar-refractivity contribution < 1.29 is 14.2 Å². The summed E-state index contributed by atoms with van der Waals surface area (Å²) in [4.78, 5) is 2.23. The van der Waals surface area contributed by atoms with Gasteiger partial charge in [-0.05, 0) is 163 Å². The van der Waals surface area contributed by atoms with Gasteiger partial charge < -0.3 is 19.1 Å². The highest BCUT2D eigenvalue weighted by molar-refractivity contribution is 5.25. The number of hydrogen-bond acceptors (Lipinski definition) is 4. The third-order valence-corrected chi connectivity index (χ3v) is 16.9. The summed E-state index contributed by atoms with van der Waals surface area (Å²) in [5.74, 6) is 5.49. The average Bonchev–Trinajstić information content (AvgIpc) is 3.60. The monoisotopic (exact) mass is 864 g/mol. The van der Waals surface area contributed by atoms with Crippen LogP contribution in [0, 0.1) is 46.3 Å². The van der Waals surface area contributed by atoms with Gasteiger partial charge in [0, 0.05) is 26.4 Å². The maximum atomic E-state index is 6.61. The number of ether oxygens (including phenoxy) is 3. The van der Waals surface area contributed by atoms with Crippen LogP contribution in [0.15, 0.2) is 36.0 Å². The second-order valence-electron chi connectivity index (χ2n) is 22.6. The van der Waals surface area contributed by atoms with Crippen molar-refractivity contribution in [3.8, 4) is 0 Å². The van der Waals surface area contributed by atoms with E-state index in [1.54, 1.807) is 5.57 Å². The standard InChI is InChI=1S/C58H105NO3/c1-9-10-11-12-13-14-15-16-17-18-19-20-21-22-25-28-42-60-47-52(46-59(7)8)62-44-30-27-24-23-26-29-43-61-51-38-40-57(5)50(45-51)34-35-53-55-37-36-54(49(4)33-31-32-48(2)3)58(55,6)41-39-56(53)57/h13-14,16-17,34,48-49,51-56H,9-12,15,18-33,35-47H2,1-8H3/b14-13-,17-16-/t49-,51?,52+,53+,54-,55+,56+,57+,58-/m0/s1. The van der Waals surface area contributed by atoms with E-state index in [1.807, 2.05) is 0 Å². The van der Waals surface area contributed by atoms with Crippen molar-refractivity contribution >= 4 is 0 Å². The molecular weight excluding hydrogens is 759 g/mol. The minimum Gasteiger partial charge on any atom is -0.379 e. The van der Waals surface area contributed by atoms with Gasteiger partial charge in [-0.1, -0.05) is 161 Å². The van der Waals surface area contributed by atoms with E-state index in [4.69, 9.17) is 14.2 Å². The lowest BCUT2D eigenvalue weighted by atomic mass is 9.47. The van der Waals surface area contributed by atoms with Crippen LogP contribution in [0.5, 0.6) is 0 Å². The molecule has 4 aliphatic carbocycles. The fourth-order valence-electron chi connectivity index (χ4n) is 13.2. The molecule has 0 radical (unpaired) electrons. The fourth-order valence-corrected chi connectivity index (χ4v) is 13.2. The van der Waals surface area contributed by atoms with Gasteiger partial charge in [-0.25, -0.2) is 0 Å². The highest BCUT2D eigenvalue weighted by atomic mass is 16.5. The average molecular weight is 864 g/mol. The Bertz CT molecular complexity index is 1240. The number of fused-ring (bicyclic) bond motifs is 5. The summed E-state index contributed by atoms with van der Waals surface area (Å²) in [6.07, 6.45) is 51.1. The lowest BCUT2D eigenvalue weighted by Crippen LogP contribution is -2.51. The number of rotatable bonds is 35. The lowest BCUT2D eigenvalue weighted by Gasteiger charge is -2.58. The van der Waals surface area contributed by atoms with Crippen molar-refractivity contribution in [2.75, 3.05) is 47.1 Å². The van der Waals surface area contributed by atoms with E-state index in [-0.39, 0.29) is 6.10 Å². The predicted octanol–water partition coefficient (Wildman–Crippen LogP) is 16.5. The zero-order valence-electron chi connectivity index (χ0n) is 42.7. The molecule has 4 rings (SSSR count). The third kappa shape index (κ3) is 18.4. The molecule has 0 bridgehead atoms. The number of unbranched alkanes of at least 4 members (excludes halogenated alkanes) is 14. The maximum absolute atomic E-state index is 6.61. The molecule has 9 atom stereocenters. The molecule has 0 spiro atoms. The summed E-state index contributed by atoms with van der Waals surface area (Å²) in [5, 5.41) is 0. The van der Waals surface area contributed by atoms with Crippen molar-refractivity contribution in [1.29, 1.82) is 0 Å². The van der Waals surface area contributed by atoms with Gasteiger partial charge in [-0.3, -0.25) is 0 Å². The maximum Gasteiger partial charge on any atom is 0.0934 e. The minimum atomic E-state index is 0.173. The van der Waals surface area contributed by atoms with Crippen LogP contribution in [0.4, 0.5) is 0 Å². The lowest BCUT2D eigenvalue weighted by molar-refractivity contribution is -0.0641. The molecule has 0 aliphatic heterocycles. The minimum absolute atomic E-state index is 0.173. The number of nitrogens with zero attached hydrogens (tertiary/aromatic N) is 1. The van der Waals surface area contributed by atoms with Gasteiger partial charge in [0.1, 0.15) is 0 Å². The van der Waals surface area contributed by atoms with Crippen LogP contribution < -0.4 is 0 Å². The third-order valence-electron chi connectivity index (χ3n) is 16.9. The molecule has 0 aromatic heterocycles. The van der Waals surface area contributed by atoms with Gasteiger partial charge in [0.25, 0.3) is 0 Å². The number of allylic oxidation sites excluding steroid dienone is 5. The Morgan fingerprint density at radius 3 is 2.05 bits per heavy atom. The SMILES string of the molecule is CCCCC/C=C\C/C=C\CCCCCCCCOC[C@@H](CN(C)C)OCCCCCCCCOC1CC[C@]2(C)C(=CC[C@@H]3[C@H]4CC[C@@H]([C@@H](C)CCCC(C)C)[C@]4(C)CC[C@H]32)C1. The van der Waals surface area contributed by atoms with Crippen LogP contribution in [0.3, 0.4) is 0 Å².